The van der Waals surface area contributed by atoms with Crippen LogP contribution in [0.3, 0.4) is 0 Å². The van der Waals surface area contributed by atoms with Crippen LogP contribution in [0.1, 0.15) is 11.4 Å². The summed E-state index contributed by atoms with van der Waals surface area (Å²) in [6.07, 6.45) is 6.48. The summed E-state index contributed by atoms with van der Waals surface area (Å²) in [5.74, 6) is 0.639. The van der Waals surface area contributed by atoms with E-state index < -0.39 is 0 Å². The van der Waals surface area contributed by atoms with E-state index in [1.165, 1.54) is 12.3 Å². The van der Waals surface area contributed by atoms with E-state index in [1.807, 2.05) is 17.8 Å². The van der Waals surface area contributed by atoms with Crippen molar-refractivity contribution in [1.29, 1.82) is 0 Å². The molecule has 2 heterocycles. The second kappa shape index (κ2) is 4.85. The average Bonchev–Trinajstić information content (AvgIpc) is 2.65. The van der Waals surface area contributed by atoms with Crippen molar-refractivity contribution in [3.05, 3.63) is 48.1 Å². The normalized spacial score (nSPS) is 10.6. The maximum atomic E-state index is 12.8. The molecule has 0 spiro atoms. The van der Waals surface area contributed by atoms with E-state index in [-0.39, 0.29) is 5.82 Å². The lowest BCUT2D eigenvalue weighted by Crippen LogP contribution is -2.15. The zero-order valence-corrected chi connectivity index (χ0v) is 9.02. The van der Waals surface area contributed by atoms with Gasteiger partial charge in [-0.15, -0.1) is 0 Å². The molecule has 0 bridgehead atoms. The zero-order chi connectivity index (χ0) is 11.4. The number of rotatable bonds is 4. The molecule has 0 aliphatic heterocycles. The monoisotopic (exact) mass is 220 g/mol. The molecule has 0 radical (unpaired) electrons. The lowest BCUT2D eigenvalue weighted by Gasteiger charge is -2.04. The van der Waals surface area contributed by atoms with Gasteiger partial charge in [-0.05, 0) is 11.6 Å². The zero-order valence-electron chi connectivity index (χ0n) is 9.02. The van der Waals surface area contributed by atoms with Crippen LogP contribution in [-0.4, -0.2) is 14.5 Å². The molecule has 0 aromatic carbocycles. The van der Waals surface area contributed by atoms with Crippen molar-refractivity contribution in [2.45, 2.75) is 13.1 Å². The van der Waals surface area contributed by atoms with Gasteiger partial charge in [-0.25, -0.2) is 9.37 Å². The standard InChI is InChI=1S/C11H13FN4/c1-16-3-2-15-11(16)8-14-6-9-4-10(12)7-13-5-9/h2-5,7,14H,6,8H2,1H3. The minimum Gasteiger partial charge on any atom is -0.337 e. The van der Waals surface area contributed by atoms with Gasteiger partial charge in [-0.3, -0.25) is 4.98 Å². The van der Waals surface area contributed by atoms with Crippen molar-refractivity contribution in [2.24, 2.45) is 7.05 Å². The molecular formula is C11H13FN4. The number of hydrogen-bond acceptors (Lipinski definition) is 3. The number of hydrogen-bond donors (Lipinski definition) is 1. The van der Waals surface area contributed by atoms with Crippen LogP contribution in [0, 0.1) is 5.82 Å². The highest BCUT2D eigenvalue weighted by molar-refractivity contribution is 5.09. The van der Waals surface area contributed by atoms with Crippen LogP contribution in [-0.2, 0) is 20.1 Å². The van der Waals surface area contributed by atoms with Crippen LogP contribution in [0.4, 0.5) is 4.39 Å². The highest BCUT2D eigenvalue weighted by atomic mass is 19.1. The molecule has 2 aromatic rings. The molecule has 0 atom stereocenters. The fourth-order valence-corrected chi connectivity index (χ4v) is 1.44. The van der Waals surface area contributed by atoms with E-state index in [0.717, 1.165) is 11.4 Å². The molecule has 0 saturated carbocycles. The average molecular weight is 220 g/mol. The first-order valence-electron chi connectivity index (χ1n) is 5.02. The van der Waals surface area contributed by atoms with Crippen molar-refractivity contribution in [3.8, 4) is 0 Å². The fraction of sp³-hybridized carbons (Fsp3) is 0.273. The van der Waals surface area contributed by atoms with Crippen molar-refractivity contribution >= 4 is 0 Å². The second-order valence-electron chi connectivity index (χ2n) is 3.57. The first-order chi connectivity index (χ1) is 7.75. The van der Waals surface area contributed by atoms with Crippen LogP contribution < -0.4 is 5.32 Å². The maximum Gasteiger partial charge on any atom is 0.141 e. The molecule has 5 heteroatoms. The molecule has 2 rings (SSSR count). The lowest BCUT2D eigenvalue weighted by molar-refractivity contribution is 0.606. The van der Waals surface area contributed by atoms with Crippen LogP contribution in [0.25, 0.3) is 0 Å². The Morgan fingerprint density at radius 1 is 1.38 bits per heavy atom. The van der Waals surface area contributed by atoms with Gasteiger partial charge in [0.1, 0.15) is 11.6 Å². The quantitative estimate of drug-likeness (QED) is 0.843. The van der Waals surface area contributed by atoms with E-state index in [4.69, 9.17) is 0 Å². The predicted octanol–water partition coefficient (Wildman–Crippen LogP) is 1.24. The lowest BCUT2D eigenvalue weighted by atomic mass is 10.3. The van der Waals surface area contributed by atoms with Gasteiger partial charge in [-0.1, -0.05) is 0 Å². The third-order valence-electron chi connectivity index (χ3n) is 2.29. The van der Waals surface area contributed by atoms with E-state index in [0.29, 0.717) is 13.1 Å². The minimum atomic E-state index is -0.309. The van der Waals surface area contributed by atoms with Gasteiger partial charge in [0.25, 0.3) is 0 Å². The van der Waals surface area contributed by atoms with E-state index in [1.54, 1.807) is 12.4 Å². The Morgan fingerprint density at radius 3 is 2.94 bits per heavy atom. The Labute approximate surface area is 93.2 Å². The molecule has 0 unspecified atom stereocenters. The van der Waals surface area contributed by atoms with Gasteiger partial charge >= 0.3 is 0 Å². The molecule has 1 N–H and O–H groups in total. The summed E-state index contributed by atoms with van der Waals surface area (Å²) in [6.45, 7) is 1.23. The van der Waals surface area contributed by atoms with Gasteiger partial charge in [-0.2, -0.15) is 0 Å². The Kier molecular flexibility index (Phi) is 3.26. The van der Waals surface area contributed by atoms with Gasteiger partial charge < -0.3 is 9.88 Å². The summed E-state index contributed by atoms with van der Waals surface area (Å²) >= 11 is 0. The van der Waals surface area contributed by atoms with E-state index in [9.17, 15) is 4.39 Å². The molecule has 16 heavy (non-hydrogen) atoms. The van der Waals surface area contributed by atoms with Crippen LogP contribution >= 0.6 is 0 Å². The molecule has 0 aliphatic rings. The van der Waals surface area contributed by atoms with Gasteiger partial charge in [0.15, 0.2) is 0 Å². The maximum absolute atomic E-state index is 12.8. The summed E-state index contributed by atoms with van der Waals surface area (Å²) in [5.41, 5.74) is 0.828. The molecule has 0 aliphatic carbocycles. The molecule has 2 aromatic heterocycles. The molecule has 0 saturated heterocycles. The number of aromatic nitrogens is 3. The SMILES string of the molecule is Cn1ccnc1CNCc1cncc(F)c1. The van der Waals surface area contributed by atoms with E-state index in [2.05, 4.69) is 15.3 Å². The molecule has 0 amide bonds. The minimum absolute atomic E-state index is 0.309. The molecule has 0 fully saturated rings. The first-order valence-corrected chi connectivity index (χ1v) is 5.02. The topological polar surface area (TPSA) is 42.7 Å². The third kappa shape index (κ3) is 2.64. The predicted molar refractivity (Wildman–Crippen MR) is 57.9 cm³/mol. The molecular weight excluding hydrogens is 207 g/mol. The van der Waals surface area contributed by atoms with Crippen molar-refractivity contribution in [3.63, 3.8) is 0 Å². The van der Waals surface area contributed by atoms with Crippen LogP contribution in [0.15, 0.2) is 30.9 Å². The Balaban J connectivity index is 1.87. The van der Waals surface area contributed by atoms with Crippen molar-refractivity contribution in [2.75, 3.05) is 0 Å². The fourth-order valence-electron chi connectivity index (χ4n) is 1.44. The van der Waals surface area contributed by atoms with Crippen LogP contribution in [0.2, 0.25) is 0 Å². The molecule has 84 valence electrons. The summed E-state index contributed by atoms with van der Waals surface area (Å²) in [6, 6.07) is 1.47. The highest BCUT2D eigenvalue weighted by Gasteiger charge is 1.99. The second-order valence-corrected chi connectivity index (χ2v) is 3.57. The number of nitrogens with one attached hydrogen (secondary N) is 1. The van der Waals surface area contributed by atoms with Crippen molar-refractivity contribution in [1.82, 2.24) is 19.9 Å². The smallest absolute Gasteiger partial charge is 0.141 e. The first kappa shape index (κ1) is 10.8. The number of pyridine rings is 1. The summed E-state index contributed by atoms with van der Waals surface area (Å²) in [7, 11) is 1.94. The Bertz CT molecular complexity index is 467. The molecule has 4 nitrogen and oxygen atoms in total. The summed E-state index contributed by atoms with van der Waals surface area (Å²) < 4.78 is 14.8. The van der Waals surface area contributed by atoms with Crippen LogP contribution in [0.5, 0.6) is 0 Å². The number of halogens is 1. The van der Waals surface area contributed by atoms with Crippen molar-refractivity contribution < 1.29 is 4.39 Å². The Morgan fingerprint density at radius 2 is 2.25 bits per heavy atom. The largest absolute Gasteiger partial charge is 0.337 e. The highest BCUT2D eigenvalue weighted by Crippen LogP contribution is 2.01. The Hall–Kier alpha value is -1.75. The van der Waals surface area contributed by atoms with Gasteiger partial charge in [0, 0.05) is 32.2 Å². The third-order valence-corrected chi connectivity index (χ3v) is 2.29. The van der Waals surface area contributed by atoms with Gasteiger partial charge in [0.05, 0.1) is 12.7 Å². The summed E-state index contributed by atoms with van der Waals surface area (Å²) in [5, 5.41) is 3.18. The number of imidazole rings is 1. The summed E-state index contributed by atoms with van der Waals surface area (Å²) in [4.78, 5) is 7.96. The number of nitrogens with zero attached hydrogens (tertiary/aromatic N) is 3. The number of aryl methyl sites for hydroxylation is 1. The van der Waals surface area contributed by atoms with E-state index >= 15 is 0 Å². The van der Waals surface area contributed by atoms with Gasteiger partial charge in [0.2, 0.25) is 0 Å².